The fourth-order valence-corrected chi connectivity index (χ4v) is 3.03. The van der Waals surface area contributed by atoms with Gasteiger partial charge < -0.3 is 15.2 Å². The number of aromatic nitrogens is 1. The zero-order valence-electron chi connectivity index (χ0n) is 11.5. The molecule has 2 N–H and O–H groups in total. The predicted octanol–water partition coefficient (Wildman–Crippen LogP) is 0.925. The summed E-state index contributed by atoms with van der Waals surface area (Å²) in [6, 6.07) is 1.58. The van der Waals surface area contributed by atoms with Crippen LogP contribution in [0.2, 0.25) is 0 Å². The smallest absolute Gasteiger partial charge is 0.287 e. The number of nitrogens with one attached hydrogen (secondary N) is 2. The first-order chi connectivity index (χ1) is 9.49. The van der Waals surface area contributed by atoms with E-state index in [1.165, 1.54) is 12.3 Å². The first kappa shape index (κ1) is 13.1. The predicted molar refractivity (Wildman–Crippen MR) is 72.6 cm³/mol. The highest BCUT2D eigenvalue weighted by atomic mass is 16.6. The molecule has 2 heterocycles. The van der Waals surface area contributed by atoms with Gasteiger partial charge in [-0.3, -0.25) is 14.9 Å². The van der Waals surface area contributed by atoms with Crippen LogP contribution in [0.4, 0.5) is 5.69 Å². The highest BCUT2D eigenvalue weighted by Gasteiger charge is 2.53. The summed E-state index contributed by atoms with van der Waals surface area (Å²) < 4.78 is 1.66. The fourth-order valence-electron chi connectivity index (χ4n) is 3.03. The van der Waals surface area contributed by atoms with Crippen LogP contribution in [0.1, 0.15) is 30.4 Å². The van der Waals surface area contributed by atoms with Crippen molar-refractivity contribution in [1.29, 1.82) is 0 Å². The molecule has 1 aromatic heterocycles. The van der Waals surface area contributed by atoms with Crippen LogP contribution in [0, 0.1) is 22.0 Å². The van der Waals surface area contributed by atoms with Gasteiger partial charge in [-0.05, 0) is 25.7 Å². The van der Waals surface area contributed by atoms with E-state index in [1.807, 2.05) is 13.8 Å². The minimum absolute atomic E-state index is 0.00446. The number of carbonyl (C=O) groups excluding carboxylic acids is 1. The van der Waals surface area contributed by atoms with Crippen molar-refractivity contribution in [2.75, 3.05) is 13.1 Å². The minimum Gasteiger partial charge on any atom is -0.347 e. The molecule has 3 rings (SSSR count). The van der Waals surface area contributed by atoms with Crippen LogP contribution in [0.5, 0.6) is 0 Å². The summed E-state index contributed by atoms with van der Waals surface area (Å²) >= 11 is 0. The van der Waals surface area contributed by atoms with Gasteiger partial charge in [-0.15, -0.1) is 0 Å². The van der Waals surface area contributed by atoms with Crippen LogP contribution in [-0.4, -0.2) is 34.5 Å². The van der Waals surface area contributed by atoms with Gasteiger partial charge in [0.1, 0.15) is 5.69 Å². The van der Waals surface area contributed by atoms with Gasteiger partial charge in [0, 0.05) is 31.2 Å². The van der Waals surface area contributed by atoms with E-state index in [1.54, 1.807) is 4.57 Å². The first-order valence-electron chi connectivity index (χ1n) is 6.87. The topological polar surface area (TPSA) is 89.2 Å². The lowest BCUT2D eigenvalue weighted by atomic mass is 10.3. The van der Waals surface area contributed by atoms with Gasteiger partial charge in [0.2, 0.25) is 0 Å². The van der Waals surface area contributed by atoms with Crippen molar-refractivity contribution >= 4 is 11.6 Å². The van der Waals surface area contributed by atoms with Crippen molar-refractivity contribution in [3.63, 3.8) is 0 Å². The number of fused-ring (bicyclic) bond motifs is 1. The van der Waals surface area contributed by atoms with Crippen LogP contribution in [0.15, 0.2) is 12.3 Å². The molecule has 7 nitrogen and oxygen atoms in total. The Morgan fingerprint density at radius 1 is 1.50 bits per heavy atom. The number of nitro groups is 1. The summed E-state index contributed by atoms with van der Waals surface area (Å²) in [5.41, 5.74) is 0.325. The SMILES string of the molecule is CC(C)n1cc([N+](=O)[O-])cc1C(=O)NC1C2CNCC21. The van der Waals surface area contributed by atoms with Crippen molar-refractivity contribution in [3.8, 4) is 0 Å². The van der Waals surface area contributed by atoms with Gasteiger partial charge in [0.25, 0.3) is 11.6 Å². The highest BCUT2D eigenvalue weighted by Crippen LogP contribution is 2.41. The Morgan fingerprint density at radius 2 is 2.15 bits per heavy atom. The number of piperidine rings is 1. The van der Waals surface area contributed by atoms with Crippen LogP contribution in [-0.2, 0) is 0 Å². The second kappa shape index (κ2) is 4.59. The van der Waals surface area contributed by atoms with Crippen molar-refractivity contribution in [1.82, 2.24) is 15.2 Å². The normalized spacial score (nSPS) is 27.4. The van der Waals surface area contributed by atoms with Crippen LogP contribution < -0.4 is 10.6 Å². The van der Waals surface area contributed by atoms with E-state index in [2.05, 4.69) is 10.6 Å². The Morgan fingerprint density at radius 3 is 2.70 bits per heavy atom. The van der Waals surface area contributed by atoms with Crippen LogP contribution in [0.25, 0.3) is 0 Å². The molecule has 0 spiro atoms. The number of hydrogen-bond donors (Lipinski definition) is 2. The van der Waals surface area contributed by atoms with Gasteiger partial charge in [-0.2, -0.15) is 0 Å². The number of rotatable bonds is 4. The lowest BCUT2D eigenvalue weighted by molar-refractivity contribution is -0.384. The average Bonchev–Trinajstić information content (AvgIpc) is 2.86. The van der Waals surface area contributed by atoms with Crippen LogP contribution in [0.3, 0.4) is 0 Å². The van der Waals surface area contributed by atoms with E-state index in [4.69, 9.17) is 0 Å². The molecule has 7 heteroatoms. The molecule has 108 valence electrons. The zero-order chi connectivity index (χ0) is 14.4. The molecule has 1 aliphatic heterocycles. The van der Waals surface area contributed by atoms with Gasteiger partial charge in [0.05, 0.1) is 11.1 Å². The molecular formula is C13H18N4O3. The van der Waals surface area contributed by atoms with E-state index in [-0.39, 0.29) is 23.7 Å². The number of carbonyl (C=O) groups is 1. The van der Waals surface area contributed by atoms with E-state index in [9.17, 15) is 14.9 Å². The van der Waals surface area contributed by atoms with Crippen molar-refractivity contribution in [2.45, 2.75) is 25.9 Å². The largest absolute Gasteiger partial charge is 0.347 e. The van der Waals surface area contributed by atoms with Gasteiger partial charge >= 0.3 is 0 Å². The molecule has 2 aliphatic rings. The molecule has 1 aromatic rings. The molecular weight excluding hydrogens is 260 g/mol. The summed E-state index contributed by atoms with van der Waals surface area (Å²) in [6.45, 7) is 5.69. The average molecular weight is 278 g/mol. The molecule has 2 unspecified atom stereocenters. The molecule has 0 bridgehead atoms. The third kappa shape index (κ3) is 2.07. The second-order valence-corrected chi connectivity index (χ2v) is 5.83. The summed E-state index contributed by atoms with van der Waals surface area (Å²) in [5, 5.41) is 17.1. The molecule has 20 heavy (non-hydrogen) atoms. The van der Waals surface area contributed by atoms with E-state index >= 15 is 0 Å². The Balaban J connectivity index is 1.78. The Bertz CT molecular complexity index is 556. The molecule has 2 fully saturated rings. The first-order valence-corrected chi connectivity index (χ1v) is 6.87. The van der Waals surface area contributed by atoms with Gasteiger partial charge in [-0.1, -0.05) is 0 Å². The summed E-state index contributed by atoms with van der Waals surface area (Å²) in [7, 11) is 0. The standard InChI is InChI=1S/C13H18N4O3/c1-7(2)16-6-8(17(19)20)3-11(16)13(18)15-12-9-4-14-5-10(9)12/h3,6-7,9-10,12,14H,4-5H2,1-2H3,(H,15,18). The van der Waals surface area contributed by atoms with Crippen molar-refractivity contribution in [3.05, 3.63) is 28.1 Å². The maximum absolute atomic E-state index is 12.3. The molecule has 2 atom stereocenters. The molecule has 1 amide bonds. The lowest BCUT2D eigenvalue weighted by Crippen LogP contribution is -2.33. The molecule has 1 saturated carbocycles. The van der Waals surface area contributed by atoms with Crippen LogP contribution >= 0.6 is 0 Å². The zero-order valence-corrected chi connectivity index (χ0v) is 11.5. The molecule has 1 saturated heterocycles. The van der Waals surface area contributed by atoms with E-state index < -0.39 is 4.92 Å². The van der Waals surface area contributed by atoms with Gasteiger partial charge in [-0.25, -0.2) is 0 Å². The Labute approximate surface area is 116 Å². The maximum Gasteiger partial charge on any atom is 0.287 e. The highest BCUT2D eigenvalue weighted by molar-refractivity contribution is 5.94. The lowest BCUT2D eigenvalue weighted by Gasteiger charge is -2.13. The third-order valence-electron chi connectivity index (χ3n) is 4.22. The fraction of sp³-hybridized carbons (Fsp3) is 0.615. The summed E-state index contributed by atoms with van der Waals surface area (Å²) in [6.07, 6.45) is 1.43. The molecule has 0 aromatic carbocycles. The van der Waals surface area contributed by atoms with E-state index in [0.717, 1.165) is 13.1 Å². The van der Waals surface area contributed by atoms with Crippen molar-refractivity contribution in [2.24, 2.45) is 11.8 Å². The monoisotopic (exact) mass is 278 g/mol. The van der Waals surface area contributed by atoms with Crippen molar-refractivity contribution < 1.29 is 9.72 Å². The number of amides is 1. The minimum atomic E-state index is -0.467. The summed E-state index contributed by atoms with van der Waals surface area (Å²) in [5.74, 6) is 0.832. The Hall–Kier alpha value is -1.89. The molecule has 1 aliphatic carbocycles. The quantitative estimate of drug-likeness (QED) is 0.633. The third-order valence-corrected chi connectivity index (χ3v) is 4.22. The Kier molecular flexibility index (Phi) is 3.01. The van der Waals surface area contributed by atoms with Gasteiger partial charge in [0.15, 0.2) is 0 Å². The number of hydrogen-bond acceptors (Lipinski definition) is 4. The second-order valence-electron chi connectivity index (χ2n) is 5.83. The maximum atomic E-state index is 12.3. The van der Waals surface area contributed by atoms with E-state index in [0.29, 0.717) is 17.5 Å². The number of nitrogens with zero attached hydrogens (tertiary/aromatic N) is 2. The summed E-state index contributed by atoms with van der Waals surface area (Å²) in [4.78, 5) is 22.7. The molecule has 0 radical (unpaired) electrons.